The van der Waals surface area contributed by atoms with Gasteiger partial charge in [-0.1, -0.05) is 20.8 Å². The average Bonchev–Trinajstić information content (AvgIpc) is 3.18. The zero-order valence-corrected chi connectivity index (χ0v) is 12.4. The zero-order chi connectivity index (χ0) is 14.0. The van der Waals surface area contributed by atoms with E-state index in [0.29, 0.717) is 24.3 Å². The third-order valence-corrected chi connectivity index (χ3v) is 3.99. The van der Waals surface area contributed by atoms with Crippen LogP contribution in [0.3, 0.4) is 0 Å². The Morgan fingerprint density at radius 3 is 2.47 bits per heavy atom. The molecule has 0 radical (unpaired) electrons. The van der Waals surface area contributed by atoms with Gasteiger partial charge in [-0.15, -0.1) is 0 Å². The van der Waals surface area contributed by atoms with Crippen LogP contribution in [0.25, 0.3) is 0 Å². The van der Waals surface area contributed by atoms with Gasteiger partial charge in [0.2, 0.25) is 11.8 Å². The van der Waals surface area contributed by atoms with Gasteiger partial charge in [-0.3, -0.25) is 9.59 Å². The lowest BCUT2D eigenvalue weighted by Gasteiger charge is -2.33. The minimum atomic E-state index is -0.335. The van der Waals surface area contributed by atoms with Gasteiger partial charge in [-0.2, -0.15) is 0 Å². The fourth-order valence-corrected chi connectivity index (χ4v) is 2.52. The second-order valence-electron chi connectivity index (χ2n) is 7.03. The molecule has 0 spiro atoms. The van der Waals surface area contributed by atoms with Crippen molar-refractivity contribution in [2.75, 3.05) is 19.6 Å². The molecule has 0 aromatic heterocycles. The number of nitrogens with one attached hydrogen (secondary N) is 1. The summed E-state index contributed by atoms with van der Waals surface area (Å²) in [5.74, 6) is 1.16. The minimum absolute atomic E-state index is 0.0955. The van der Waals surface area contributed by atoms with Crippen molar-refractivity contribution >= 4 is 11.8 Å². The molecule has 1 atom stereocenters. The van der Waals surface area contributed by atoms with E-state index in [2.05, 4.69) is 5.32 Å². The zero-order valence-electron chi connectivity index (χ0n) is 12.4. The molecule has 2 amide bonds. The Kier molecular flexibility index (Phi) is 4.16. The highest BCUT2D eigenvalue weighted by molar-refractivity contribution is 5.81. The van der Waals surface area contributed by atoms with Crippen molar-refractivity contribution in [1.29, 1.82) is 0 Å². The predicted molar refractivity (Wildman–Crippen MR) is 74.5 cm³/mol. The second-order valence-corrected chi connectivity index (χ2v) is 7.03. The maximum Gasteiger partial charge on any atom is 0.225 e. The molecule has 1 saturated heterocycles. The predicted octanol–water partition coefficient (Wildman–Crippen LogP) is 1.80. The summed E-state index contributed by atoms with van der Waals surface area (Å²) in [5.41, 5.74) is -0.335. The molecule has 1 saturated carbocycles. The van der Waals surface area contributed by atoms with E-state index in [1.807, 2.05) is 25.7 Å². The molecule has 4 heteroatoms. The van der Waals surface area contributed by atoms with E-state index in [0.717, 1.165) is 38.8 Å². The molecule has 108 valence electrons. The summed E-state index contributed by atoms with van der Waals surface area (Å²) in [5, 5.41) is 3.02. The van der Waals surface area contributed by atoms with Gasteiger partial charge in [0, 0.05) is 31.0 Å². The van der Waals surface area contributed by atoms with Gasteiger partial charge in [0.25, 0.3) is 0 Å². The lowest BCUT2D eigenvalue weighted by molar-refractivity contribution is -0.134. The monoisotopic (exact) mass is 266 g/mol. The summed E-state index contributed by atoms with van der Waals surface area (Å²) >= 11 is 0. The van der Waals surface area contributed by atoms with Gasteiger partial charge in [0.1, 0.15) is 0 Å². The first-order valence-electron chi connectivity index (χ1n) is 7.45. The molecule has 1 aliphatic heterocycles. The fourth-order valence-electron chi connectivity index (χ4n) is 2.52. The fraction of sp³-hybridized carbons (Fsp3) is 0.867. The van der Waals surface area contributed by atoms with Gasteiger partial charge in [0.05, 0.1) is 0 Å². The topological polar surface area (TPSA) is 49.4 Å². The van der Waals surface area contributed by atoms with Crippen LogP contribution in [0.4, 0.5) is 0 Å². The van der Waals surface area contributed by atoms with Crippen LogP contribution in [0.5, 0.6) is 0 Å². The van der Waals surface area contributed by atoms with Crippen LogP contribution in [0.1, 0.15) is 46.5 Å². The smallest absolute Gasteiger partial charge is 0.225 e. The van der Waals surface area contributed by atoms with Gasteiger partial charge in [-0.05, 0) is 31.6 Å². The Bertz CT molecular complexity index is 356. The van der Waals surface area contributed by atoms with E-state index in [4.69, 9.17) is 0 Å². The third kappa shape index (κ3) is 3.95. The summed E-state index contributed by atoms with van der Waals surface area (Å²) in [7, 11) is 0. The molecule has 1 N–H and O–H groups in total. The Hall–Kier alpha value is -1.06. The summed E-state index contributed by atoms with van der Waals surface area (Å²) in [6.07, 6.45) is 4.31. The van der Waals surface area contributed by atoms with E-state index in [-0.39, 0.29) is 11.3 Å². The third-order valence-electron chi connectivity index (χ3n) is 3.99. The van der Waals surface area contributed by atoms with Gasteiger partial charge in [0.15, 0.2) is 0 Å². The molecule has 2 rings (SSSR count). The maximum absolute atomic E-state index is 12.0. The first kappa shape index (κ1) is 14.4. The van der Waals surface area contributed by atoms with Crippen molar-refractivity contribution in [2.45, 2.75) is 46.5 Å². The molecule has 1 heterocycles. The van der Waals surface area contributed by atoms with Crippen LogP contribution in [-0.4, -0.2) is 36.3 Å². The number of hydrogen-bond donors (Lipinski definition) is 1. The molecule has 0 aromatic carbocycles. The second kappa shape index (κ2) is 5.51. The van der Waals surface area contributed by atoms with Crippen molar-refractivity contribution in [2.24, 2.45) is 17.3 Å². The maximum atomic E-state index is 12.0. The molecule has 19 heavy (non-hydrogen) atoms. The van der Waals surface area contributed by atoms with Crippen molar-refractivity contribution in [1.82, 2.24) is 10.2 Å². The highest BCUT2D eigenvalue weighted by atomic mass is 16.2. The van der Waals surface area contributed by atoms with Crippen molar-refractivity contribution in [3.8, 4) is 0 Å². The molecule has 2 fully saturated rings. The van der Waals surface area contributed by atoms with E-state index in [9.17, 15) is 9.59 Å². The van der Waals surface area contributed by atoms with E-state index < -0.39 is 0 Å². The summed E-state index contributed by atoms with van der Waals surface area (Å²) in [6, 6.07) is 0. The Balaban J connectivity index is 1.78. The number of hydrogen-bond acceptors (Lipinski definition) is 2. The molecular weight excluding hydrogens is 240 g/mol. The Morgan fingerprint density at radius 2 is 1.89 bits per heavy atom. The molecule has 1 aliphatic carbocycles. The standard InChI is InChI=1S/C15H26N2O2/c1-15(2,3)14(19)16-9-11-5-4-8-17(10-11)13(18)12-6-7-12/h11-12H,4-10H2,1-3H3,(H,16,19)/t11-/m0/s1. The average molecular weight is 266 g/mol. The van der Waals surface area contributed by atoms with Crippen molar-refractivity contribution < 1.29 is 9.59 Å². The highest BCUT2D eigenvalue weighted by Gasteiger charge is 2.35. The van der Waals surface area contributed by atoms with E-state index in [1.165, 1.54) is 0 Å². The summed E-state index contributed by atoms with van der Waals surface area (Å²) in [6.45, 7) is 8.19. The first-order valence-corrected chi connectivity index (χ1v) is 7.45. The number of likely N-dealkylation sites (tertiary alicyclic amines) is 1. The molecule has 2 aliphatic rings. The molecule has 0 bridgehead atoms. The summed E-state index contributed by atoms with van der Waals surface area (Å²) in [4.78, 5) is 25.9. The lowest BCUT2D eigenvalue weighted by Crippen LogP contribution is -2.45. The number of carbonyl (C=O) groups is 2. The van der Waals surface area contributed by atoms with Gasteiger partial charge < -0.3 is 10.2 Å². The van der Waals surface area contributed by atoms with Crippen LogP contribution in [-0.2, 0) is 9.59 Å². The largest absolute Gasteiger partial charge is 0.355 e. The van der Waals surface area contributed by atoms with Crippen LogP contribution in [0, 0.1) is 17.3 Å². The van der Waals surface area contributed by atoms with Gasteiger partial charge in [-0.25, -0.2) is 0 Å². The van der Waals surface area contributed by atoms with Crippen molar-refractivity contribution in [3.05, 3.63) is 0 Å². The SMILES string of the molecule is CC(C)(C)C(=O)NC[C@@H]1CCCN(C(=O)C2CC2)C1. The Morgan fingerprint density at radius 1 is 1.21 bits per heavy atom. The molecule has 4 nitrogen and oxygen atoms in total. The molecule has 0 aromatic rings. The number of rotatable bonds is 3. The first-order chi connectivity index (χ1) is 8.88. The highest BCUT2D eigenvalue weighted by Crippen LogP contribution is 2.32. The minimum Gasteiger partial charge on any atom is -0.355 e. The lowest BCUT2D eigenvalue weighted by atomic mass is 9.94. The molecular formula is C15H26N2O2. The number of amides is 2. The normalized spacial score (nSPS) is 24.2. The van der Waals surface area contributed by atoms with Crippen LogP contribution >= 0.6 is 0 Å². The quantitative estimate of drug-likeness (QED) is 0.847. The number of nitrogens with zero attached hydrogens (tertiary/aromatic N) is 1. The van der Waals surface area contributed by atoms with Crippen LogP contribution < -0.4 is 5.32 Å². The summed E-state index contributed by atoms with van der Waals surface area (Å²) < 4.78 is 0. The van der Waals surface area contributed by atoms with Crippen LogP contribution in [0.15, 0.2) is 0 Å². The number of carbonyl (C=O) groups excluding carboxylic acids is 2. The van der Waals surface area contributed by atoms with Crippen LogP contribution in [0.2, 0.25) is 0 Å². The molecule has 0 unspecified atom stereocenters. The number of piperidine rings is 1. The van der Waals surface area contributed by atoms with E-state index in [1.54, 1.807) is 0 Å². The van der Waals surface area contributed by atoms with Gasteiger partial charge >= 0.3 is 0 Å². The Labute approximate surface area is 115 Å². The van der Waals surface area contributed by atoms with Crippen molar-refractivity contribution in [3.63, 3.8) is 0 Å². The van der Waals surface area contributed by atoms with E-state index >= 15 is 0 Å².